The predicted octanol–water partition coefficient (Wildman–Crippen LogP) is 6.39. The Balaban J connectivity index is 0.000000334. The maximum absolute atomic E-state index is 14.8. The van der Waals surface area contributed by atoms with E-state index in [2.05, 4.69) is 32.3 Å². The van der Waals surface area contributed by atoms with Crippen LogP contribution in [-0.2, 0) is 34.4 Å². The van der Waals surface area contributed by atoms with Crippen molar-refractivity contribution in [1.29, 1.82) is 0 Å². The number of furan rings is 1. The van der Waals surface area contributed by atoms with E-state index in [0.29, 0.717) is 36.9 Å². The monoisotopic (exact) mass is 901 g/mol. The highest BCUT2D eigenvalue weighted by Gasteiger charge is 2.32. The molecule has 6 heterocycles. The number of nitrogens with one attached hydrogen (secondary N) is 1. The Kier molecular flexibility index (Phi) is 14.5. The highest BCUT2D eigenvalue weighted by Crippen LogP contribution is 2.34. The first kappa shape index (κ1) is 46.0. The van der Waals surface area contributed by atoms with E-state index in [4.69, 9.17) is 4.42 Å². The number of anilines is 1. The van der Waals surface area contributed by atoms with Gasteiger partial charge in [0.25, 0.3) is 5.91 Å². The number of piperidine rings is 2. The van der Waals surface area contributed by atoms with Crippen LogP contribution in [0.1, 0.15) is 80.5 Å². The summed E-state index contributed by atoms with van der Waals surface area (Å²) in [5.74, 6) is -1.02. The zero-order valence-electron chi connectivity index (χ0n) is 38.2. The van der Waals surface area contributed by atoms with Gasteiger partial charge in [-0.25, -0.2) is 9.18 Å². The van der Waals surface area contributed by atoms with Gasteiger partial charge in [0.05, 0.1) is 16.4 Å². The van der Waals surface area contributed by atoms with E-state index in [-0.39, 0.29) is 35.6 Å². The highest BCUT2D eigenvalue weighted by atomic mass is 19.1. The van der Waals surface area contributed by atoms with E-state index in [1.165, 1.54) is 23.1 Å². The number of piperazine rings is 1. The minimum absolute atomic E-state index is 0.133. The summed E-state index contributed by atoms with van der Waals surface area (Å²) in [6.45, 7) is 9.70. The molecule has 348 valence electrons. The molecule has 3 fully saturated rings. The Hall–Kier alpha value is -6.55. The molecule has 3 aliphatic rings. The Labute approximate surface area is 383 Å². The molecule has 9 rings (SSSR count). The van der Waals surface area contributed by atoms with Gasteiger partial charge in [-0.3, -0.25) is 43.2 Å². The van der Waals surface area contributed by atoms with Gasteiger partial charge in [-0.05, 0) is 99.0 Å². The number of carbonyl (C=O) groups excluding carboxylic acids is 4. The number of likely N-dealkylation sites (tertiary alicyclic amines) is 1. The minimum Gasteiger partial charge on any atom is -0.450 e. The number of para-hydroxylation sites is 1. The van der Waals surface area contributed by atoms with E-state index in [1.54, 1.807) is 35.8 Å². The molecule has 1 atom stereocenters. The third kappa shape index (κ3) is 10.1. The topological polar surface area (TPSA) is 151 Å². The lowest BCUT2D eigenvalue weighted by Crippen LogP contribution is -2.46. The molecule has 0 aliphatic carbocycles. The molecule has 6 aromatic rings. The number of nitrogens with zero attached hydrogens (tertiary/aromatic N) is 8. The number of carbonyl (C=O) groups is 4. The molecule has 3 aromatic heterocycles. The lowest BCUT2D eigenvalue weighted by atomic mass is 10.0. The van der Waals surface area contributed by atoms with Crippen molar-refractivity contribution in [3.63, 3.8) is 0 Å². The van der Waals surface area contributed by atoms with E-state index in [0.717, 1.165) is 111 Å². The summed E-state index contributed by atoms with van der Waals surface area (Å²) in [7, 11) is 3.46. The molecule has 0 radical (unpaired) electrons. The van der Waals surface area contributed by atoms with Crippen LogP contribution in [0, 0.1) is 5.82 Å². The highest BCUT2D eigenvalue weighted by molar-refractivity contribution is 6.01. The second kappa shape index (κ2) is 20.7. The van der Waals surface area contributed by atoms with Crippen LogP contribution in [0.15, 0.2) is 88.3 Å². The number of hydrogen-bond acceptors (Lipinski definition) is 9. The molecule has 16 heteroatoms. The number of aromatic nitrogens is 4. The average molecular weight is 902 g/mol. The van der Waals surface area contributed by atoms with Gasteiger partial charge in [0.1, 0.15) is 17.4 Å². The van der Waals surface area contributed by atoms with Gasteiger partial charge in [-0.15, -0.1) is 0 Å². The number of halogens is 1. The fraction of sp³-hybridized carbons (Fsp3) is 0.440. The number of imide groups is 1. The quantitative estimate of drug-likeness (QED) is 0.130. The molecule has 0 bridgehead atoms. The molecule has 0 spiro atoms. The van der Waals surface area contributed by atoms with Crippen molar-refractivity contribution in [3.05, 3.63) is 107 Å². The van der Waals surface area contributed by atoms with Gasteiger partial charge in [-0.2, -0.15) is 5.10 Å². The first-order valence-electron chi connectivity index (χ1n) is 23.3. The number of rotatable bonds is 13. The number of hydrogen-bond donors (Lipinski definition) is 1. The molecular weight excluding hydrogens is 842 g/mol. The molecule has 0 saturated carbocycles. The summed E-state index contributed by atoms with van der Waals surface area (Å²) in [5, 5.41) is 6.75. The molecular formula is C50H60FN9O6. The second-order valence-electron chi connectivity index (χ2n) is 17.6. The molecule has 3 saturated heterocycles. The van der Waals surface area contributed by atoms with Gasteiger partial charge in [0.2, 0.25) is 17.7 Å². The van der Waals surface area contributed by atoms with Crippen LogP contribution < -0.4 is 15.9 Å². The van der Waals surface area contributed by atoms with E-state index in [9.17, 15) is 28.4 Å². The molecule has 66 heavy (non-hydrogen) atoms. The summed E-state index contributed by atoms with van der Waals surface area (Å²) in [5.41, 5.74) is 5.48. The van der Waals surface area contributed by atoms with Crippen LogP contribution in [0.25, 0.3) is 33.1 Å². The lowest BCUT2D eigenvalue weighted by Gasteiger charge is -2.36. The summed E-state index contributed by atoms with van der Waals surface area (Å²) >= 11 is 0. The van der Waals surface area contributed by atoms with Gasteiger partial charge in [-0.1, -0.05) is 31.2 Å². The summed E-state index contributed by atoms with van der Waals surface area (Å²) < 4.78 is 25.7. The van der Waals surface area contributed by atoms with Crippen LogP contribution in [0.2, 0.25) is 0 Å². The summed E-state index contributed by atoms with van der Waals surface area (Å²) in [6, 6.07) is 19.9. The van der Waals surface area contributed by atoms with Crippen LogP contribution in [0.5, 0.6) is 0 Å². The zero-order valence-corrected chi connectivity index (χ0v) is 38.2. The predicted molar refractivity (Wildman–Crippen MR) is 252 cm³/mol. The SMILES string of the molecule is CCCN(C)C(=O)c1cc2c(F)ccc(-c3ccc(N4CCN(CCCc5cccc6c5n(C)c(=O)n6C5CCC(=O)NC5=O)CC4)cc3)c2o1.O=C(CCn1cccn1)N1CCCCC1. The van der Waals surface area contributed by atoms with Gasteiger partial charge in [0, 0.05) is 109 Å². The average Bonchev–Trinajstić information content (AvgIpc) is 4.09. The molecule has 3 aliphatic heterocycles. The Morgan fingerprint density at radius 2 is 1.70 bits per heavy atom. The standard InChI is InChI=1S/C39H43FN6O5.C11H17N3O/c1-4-18-42(2)38(49)33-24-29-30(40)15-14-28(36(29)51-33)25-10-12-27(13-11-25)45-22-20-44(21-23-45)19-6-8-26-7-5-9-31-35(26)43(3)39(50)46(31)32-16-17-34(47)41-37(32)48;15-11(13-7-2-1-3-8-13)5-10-14-9-4-6-12-14/h5,7,9-15,24,32H,4,6,8,16-23H2,1-3H3,(H,41,47,48);4,6,9H,1-3,5,7-8,10H2. The van der Waals surface area contributed by atoms with Crippen LogP contribution in [0.4, 0.5) is 10.1 Å². The summed E-state index contributed by atoms with van der Waals surface area (Å²) in [4.78, 5) is 70.6. The third-order valence-electron chi connectivity index (χ3n) is 13.1. The van der Waals surface area contributed by atoms with E-state index >= 15 is 0 Å². The van der Waals surface area contributed by atoms with E-state index in [1.807, 2.05) is 59.1 Å². The maximum atomic E-state index is 14.8. The molecule has 1 N–H and O–H groups in total. The van der Waals surface area contributed by atoms with Crippen LogP contribution in [-0.4, -0.2) is 117 Å². The fourth-order valence-electron chi connectivity index (χ4n) is 9.52. The van der Waals surface area contributed by atoms with Gasteiger partial charge >= 0.3 is 5.69 Å². The van der Waals surface area contributed by atoms with Crippen molar-refractivity contribution in [3.8, 4) is 11.1 Å². The normalized spacial score (nSPS) is 16.9. The molecule has 4 amide bonds. The first-order chi connectivity index (χ1) is 32.0. The second-order valence-corrected chi connectivity index (χ2v) is 17.6. The first-order valence-corrected chi connectivity index (χ1v) is 23.3. The largest absolute Gasteiger partial charge is 0.450 e. The molecule has 15 nitrogen and oxygen atoms in total. The van der Waals surface area contributed by atoms with Crippen molar-refractivity contribution < 1.29 is 28.0 Å². The number of imidazole rings is 1. The van der Waals surface area contributed by atoms with Gasteiger partial charge in [0.15, 0.2) is 5.76 Å². The summed E-state index contributed by atoms with van der Waals surface area (Å²) in [6.07, 6.45) is 10.9. The Morgan fingerprint density at radius 1 is 0.924 bits per heavy atom. The molecule has 3 aromatic carbocycles. The van der Waals surface area contributed by atoms with E-state index < -0.39 is 17.8 Å². The number of aryl methyl sites for hydroxylation is 3. The molecule has 1 unspecified atom stereocenters. The zero-order chi connectivity index (χ0) is 46.3. The van der Waals surface area contributed by atoms with Crippen molar-refractivity contribution >= 4 is 51.3 Å². The smallest absolute Gasteiger partial charge is 0.329 e. The Morgan fingerprint density at radius 3 is 2.41 bits per heavy atom. The van der Waals surface area contributed by atoms with Crippen molar-refractivity contribution in [2.75, 3.05) is 64.3 Å². The third-order valence-corrected chi connectivity index (χ3v) is 13.1. The Bertz CT molecular complexity index is 2730. The van der Waals surface area contributed by atoms with Crippen molar-refractivity contribution in [1.82, 2.24) is 38.9 Å². The number of benzene rings is 3. The number of fused-ring (bicyclic) bond motifs is 2. The van der Waals surface area contributed by atoms with Crippen molar-refractivity contribution in [2.45, 2.75) is 77.3 Å². The van der Waals surface area contributed by atoms with Crippen LogP contribution >= 0.6 is 0 Å². The minimum atomic E-state index is -0.695. The van der Waals surface area contributed by atoms with Gasteiger partial charge < -0.3 is 19.1 Å². The lowest BCUT2D eigenvalue weighted by molar-refractivity contribution is -0.136. The number of amides is 4. The fourth-order valence-corrected chi connectivity index (χ4v) is 9.52. The van der Waals surface area contributed by atoms with Crippen LogP contribution in [0.3, 0.4) is 0 Å². The van der Waals surface area contributed by atoms with Crippen molar-refractivity contribution in [2.24, 2.45) is 7.05 Å². The maximum Gasteiger partial charge on any atom is 0.329 e.